The number of aromatic nitrogens is 3. The molecule has 2 rings (SSSR count). The molecule has 0 spiro atoms. The molecule has 0 aliphatic carbocycles. The quantitative estimate of drug-likeness (QED) is 0.896. The monoisotopic (exact) mass is 270 g/mol. The van der Waals surface area contributed by atoms with Crippen molar-refractivity contribution in [2.75, 3.05) is 6.61 Å². The molecule has 2 N–H and O–H groups in total. The van der Waals surface area contributed by atoms with Crippen LogP contribution in [0.1, 0.15) is 5.69 Å². The van der Waals surface area contributed by atoms with Crippen molar-refractivity contribution in [2.45, 2.75) is 13.1 Å². The van der Waals surface area contributed by atoms with E-state index in [1.807, 2.05) is 0 Å². The minimum absolute atomic E-state index is 0.0752. The lowest BCUT2D eigenvalue weighted by Gasteiger charge is -2.06. The second-order valence-electron chi connectivity index (χ2n) is 3.60. The molecule has 7 heteroatoms. The number of hydrogen-bond acceptors (Lipinski definition) is 4. The smallest absolute Gasteiger partial charge is 0.145 e. The Hall–Kier alpha value is -1.66. The summed E-state index contributed by atoms with van der Waals surface area (Å²) in [6.07, 6.45) is 1.74. The largest absolute Gasteiger partial charge is 0.492 e. The average Bonchev–Trinajstić information content (AvgIpc) is 2.82. The molecular formula is C11H12ClFN4O. The number of nitrogens with zero attached hydrogens (tertiary/aromatic N) is 3. The Labute approximate surface area is 108 Å². The third-order valence-corrected chi connectivity index (χ3v) is 2.58. The Morgan fingerprint density at radius 2 is 2.28 bits per heavy atom. The van der Waals surface area contributed by atoms with E-state index in [9.17, 15) is 4.39 Å². The molecule has 1 aromatic heterocycles. The third kappa shape index (κ3) is 3.18. The second kappa shape index (κ2) is 5.79. The predicted molar refractivity (Wildman–Crippen MR) is 64.8 cm³/mol. The number of hydrogen-bond donors (Lipinski definition) is 1. The van der Waals surface area contributed by atoms with Gasteiger partial charge in [0.05, 0.1) is 17.3 Å². The fraction of sp³-hybridized carbons (Fsp3) is 0.273. The van der Waals surface area contributed by atoms with Crippen molar-refractivity contribution >= 4 is 11.6 Å². The van der Waals surface area contributed by atoms with E-state index in [2.05, 4.69) is 10.3 Å². The summed E-state index contributed by atoms with van der Waals surface area (Å²) in [4.78, 5) is 0. The minimum Gasteiger partial charge on any atom is -0.492 e. The van der Waals surface area contributed by atoms with E-state index in [1.54, 1.807) is 16.9 Å². The third-order valence-electron chi connectivity index (χ3n) is 2.28. The molecule has 0 amide bonds. The summed E-state index contributed by atoms with van der Waals surface area (Å²) in [5, 5.41) is 7.78. The minimum atomic E-state index is -0.500. The number of nitrogens with two attached hydrogens (primary N) is 1. The lowest BCUT2D eigenvalue weighted by molar-refractivity contribution is 0.288. The molecule has 0 saturated carbocycles. The van der Waals surface area contributed by atoms with E-state index in [1.165, 1.54) is 12.1 Å². The molecule has 0 atom stereocenters. The highest BCUT2D eigenvalue weighted by Crippen LogP contribution is 2.20. The van der Waals surface area contributed by atoms with Crippen molar-refractivity contribution in [3.63, 3.8) is 0 Å². The van der Waals surface area contributed by atoms with Gasteiger partial charge in [-0.3, -0.25) is 0 Å². The van der Waals surface area contributed by atoms with Crippen LogP contribution in [0.5, 0.6) is 5.75 Å². The van der Waals surface area contributed by atoms with Crippen LogP contribution in [0.25, 0.3) is 0 Å². The second-order valence-corrected chi connectivity index (χ2v) is 4.01. The van der Waals surface area contributed by atoms with Gasteiger partial charge >= 0.3 is 0 Å². The molecule has 0 unspecified atom stereocenters. The highest BCUT2D eigenvalue weighted by Gasteiger charge is 2.02. The molecule has 5 nitrogen and oxygen atoms in total. The van der Waals surface area contributed by atoms with E-state index < -0.39 is 5.82 Å². The number of rotatable bonds is 5. The first kappa shape index (κ1) is 12.8. The van der Waals surface area contributed by atoms with Gasteiger partial charge < -0.3 is 10.5 Å². The van der Waals surface area contributed by atoms with Gasteiger partial charge in [-0.25, -0.2) is 9.07 Å². The van der Waals surface area contributed by atoms with Gasteiger partial charge in [-0.1, -0.05) is 16.8 Å². The van der Waals surface area contributed by atoms with Crippen LogP contribution >= 0.6 is 11.6 Å². The van der Waals surface area contributed by atoms with E-state index in [4.69, 9.17) is 22.1 Å². The van der Waals surface area contributed by atoms with Crippen LogP contribution in [-0.4, -0.2) is 21.6 Å². The van der Waals surface area contributed by atoms with Gasteiger partial charge in [0.1, 0.15) is 18.2 Å². The Morgan fingerprint density at radius 1 is 1.44 bits per heavy atom. The normalized spacial score (nSPS) is 10.6. The molecule has 18 heavy (non-hydrogen) atoms. The molecule has 1 heterocycles. The van der Waals surface area contributed by atoms with Crippen LogP contribution in [-0.2, 0) is 13.1 Å². The van der Waals surface area contributed by atoms with Crippen molar-refractivity contribution < 1.29 is 9.13 Å². The molecule has 1 aromatic carbocycles. The highest BCUT2D eigenvalue weighted by molar-refractivity contribution is 6.30. The summed E-state index contributed by atoms with van der Waals surface area (Å²) in [6.45, 7) is 1.22. The lowest BCUT2D eigenvalue weighted by Crippen LogP contribution is -2.08. The molecule has 0 aliphatic rings. The molecule has 0 aliphatic heterocycles. The van der Waals surface area contributed by atoms with Crippen LogP contribution < -0.4 is 10.5 Å². The molecule has 0 saturated heterocycles. The van der Waals surface area contributed by atoms with Gasteiger partial charge in [0.25, 0.3) is 0 Å². The summed E-state index contributed by atoms with van der Waals surface area (Å²) >= 11 is 5.56. The van der Waals surface area contributed by atoms with E-state index >= 15 is 0 Å². The van der Waals surface area contributed by atoms with Crippen molar-refractivity contribution in [2.24, 2.45) is 5.73 Å². The summed E-state index contributed by atoms with van der Waals surface area (Å²) in [7, 11) is 0. The van der Waals surface area contributed by atoms with E-state index in [-0.39, 0.29) is 5.02 Å². The maximum absolute atomic E-state index is 13.1. The zero-order valence-electron chi connectivity index (χ0n) is 9.51. The first-order chi connectivity index (χ1) is 8.69. The van der Waals surface area contributed by atoms with Gasteiger partial charge in [0.2, 0.25) is 0 Å². The fourth-order valence-electron chi connectivity index (χ4n) is 1.37. The maximum atomic E-state index is 13.1. The molecule has 0 radical (unpaired) electrons. The molecule has 0 bridgehead atoms. The zero-order valence-corrected chi connectivity index (χ0v) is 10.3. The number of ether oxygens (including phenoxy) is 1. The molecule has 0 fully saturated rings. The first-order valence-corrected chi connectivity index (χ1v) is 5.74. The average molecular weight is 271 g/mol. The standard InChI is InChI=1S/C11H12ClFN4O/c12-10-2-1-9(5-11(10)13)18-4-3-17-7-8(6-14)15-16-17/h1-2,5,7H,3-4,6,14H2. The van der Waals surface area contributed by atoms with Gasteiger partial charge in [-0.05, 0) is 12.1 Å². The molecular weight excluding hydrogens is 259 g/mol. The Balaban J connectivity index is 1.86. The summed E-state index contributed by atoms with van der Waals surface area (Å²) in [5.41, 5.74) is 6.13. The van der Waals surface area contributed by atoms with Crippen LogP contribution in [0.3, 0.4) is 0 Å². The van der Waals surface area contributed by atoms with Crippen LogP contribution in [0.15, 0.2) is 24.4 Å². The van der Waals surface area contributed by atoms with Crippen LogP contribution in [0.4, 0.5) is 4.39 Å². The highest BCUT2D eigenvalue weighted by atomic mass is 35.5. The van der Waals surface area contributed by atoms with E-state index in [0.29, 0.717) is 31.1 Å². The zero-order chi connectivity index (χ0) is 13.0. The van der Waals surface area contributed by atoms with E-state index in [0.717, 1.165) is 0 Å². The summed E-state index contributed by atoms with van der Waals surface area (Å²) < 4.78 is 20.1. The van der Waals surface area contributed by atoms with Gasteiger partial charge in [-0.2, -0.15) is 0 Å². The van der Waals surface area contributed by atoms with Crippen molar-refractivity contribution in [1.82, 2.24) is 15.0 Å². The molecule has 96 valence electrons. The Kier molecular flexibility index (Phi) is 4.11. The number of benzene rings is 1. The SMILES string of the molecule is NCc1cn(CCOc2ccc(Cl)c(F)c2)nn1. The number of halogens is 2. The topological polar surface area (TPSA) is 66.0 Å². The van der Waals surface area contributed by atoms with Gasteiger partial charge in [-0.15, -0.1) is 5.10 Å². The Morgan fingerprint density at radius 3 is 2.94 bits per heavy atom. The first-order valence-electron chi connectivity index (χ1n) is 5.36. The maximum Gasteiger partial charge on any atom is 0.145 e. The summed E-state index contributed by atoms with van der Waals surface area (Å²) in [6, 6.07) is 4.31. The molecule has 2 aromatic rings. The lowest BCUT2D eigenvalue weighted by atomic mass is 10.3. The van der Waals surface area contributed by atoms with Gasteiger partial charge in [0.15, 0.2) is 0 Å². The van der Waals surface area contributed by atoms with Crippen molar-refractivity contribution in [1.29, 1.82) is 0 Å². The van der Waals surface area contributed by atoms with Crippen molar-refractivity contribution in [3.05, 3.63) is 40.9 Å². The summed E-state index contributed by atoms with van der Waals surface area (Å²) in [5.74, 6) is -0.0728. The fourth-order valence-corrected chi connectivity index (χ4v) is 1.48. The predicted octanol–water partition coefficient (Wildman–Crippen LogP) is 1.61. The van der Waals surface area contributed by atoms with Crippen LogP contribution in [0, 0.1) is 5.82 Å². The van der Waals surface area contributed by atoms with Gasteiger partial charge in [0, 0.05) is 18.8 Å². The Bertz CT molecular complexity index is 532. The van der Waals surface area contributed by atoms with Crippen molar-refractivity contribution in [3.8, 4) is 5.75 Å². The van der Waals surface area contributed by atoms with Crippen LogP contribution in [0.2, 0.25) is 5.02 Å².